The van der Waals surface area contributed by atoms with Crippen LogP contribution >= 0.6 is 0 Å². The number of imidazole rings is 1. The van der Waals surface area contributed by atoms with Crippen molar-refractivity contribution >= 4 is 11.8 Å². The van der Waals surface area contributed by atoms with Crippen molar-refractivity contribution in [2.24, 2.45) is 5.41 Å². The van der Waals surface area contributed by atoms with Gasteiger partial charge in [-0.05, 0) is 18.3 Å². The summed E-state index contributed by atoms with van der Waals surface area (Å²) in [5.41, 5.74) is -0.0200. The highest BCUT2D eigenvalue weighted by Gasteiger charge is 2.45. The number of amides is 2. The molecule has 5 heteroatoms. The monoisotopic (exact) mass is 247 g/mol. The number of imide groups is 1. The maximum absolute atomic E-state index is 12.2. The summed E-state index contributed by atoms with van der Waals surface area (Å²) in [6, 6.07) is 0. The predicted octanol–water partition coefficient (Wildman–Crippen LogP) is 1.62. The average Bonchev–Trinajstić information content (AvgIpc) is 2.96. The highest BCUT2D eigenvalue weighted by molar-refractivity contribution is 5.98. The van der Waals surface area contributed by atoms with E-state index in [4.69, 9.17) is 0 Å². The van der Waals surface area contributed by atoms with E-state index in [0.717, 1.165) is 25.7 Å². The second-order valence-corrected chi connectivity index (χ2v) is 5.47. The first-order valence-electron chi connectivity index (χ1n) is 6.50. The second-order valence-electron chi connectivity index (χ2n) is 5.47. The third-order valence-electron chi connectivity index (χ3n) is 4.18. The van der Waals surface area contributed by atoms with Gasteiger partial charge in [-0.1, -0.05) is 12.8 Å². The second kappa shape index (κ2) is 4.23. The van der Waals surface area contributed by atoms with Crippen molar-refractivity contribution in [3.05, 3.63) is 18.2 Å². The topological polar surface area (TPSA) is 66.1 Å². The molecule has 5 nitrogen and oxygen atoms in total. The van der Waals surface area contributed by atoms with Crippen LogP contribution in [0.3, 0.4) is 0 Å². The van der Waals surface area contributed by atoms with Crippen molar-refractivity contribution in [3.63, 3.8) is 0 Å². The van der Waals surface area contributed by atoms with Crippen LogP contribution in [0.2, 0.25) is 0 Å². The van der Waals surface area contributed by atoms with E-state index in [0.29, 0.717) is 18.7 Å². The average molecular weight is 247 g/mol. The molecule has 0 bridgehead atoms. The molecule has 1 aliphatic heterocycles. The van der Waals surface area contributed by atoms with Gasteiger partial charge in [-0.15, -0.1) is 0 Å². The van der Waals surface area contributed by atoms with Crippen LogP contribution in [0.4, 0.5) is 0 Å². The van der Waals surface area contributed by atoms with Gasteiger partial charge in [0.25, 0.3) is 0 Å². The van der Waals surface area contributed by atoms with Gasteiger partial charge < -0.3 is 4.98 Å². The normalized spacial score (nSPS) is 23.0. The van der Waals surface area contributed by atoms with E-state index in [9.17, 15) is 9.59 Å². The van der Waals surface area contributed by atoms with Crippen molar-refractivity contribution in [1.82, 2.24) is 14.9 Å². The van der Waals surface area contributed by atoms with Gasteiger partial charge in [-0.2, -0.15) is 0 Å². The molecule has 1 aromatic heterocycles. The highest BCUT2D eigenvalue weighted by Crippen LogP contribution is 2.46. The maximum atomic E-state index is 12.2. The maximum Gasteiger partial charge on any atom is 0.230 e. The van der Waals surface area contributed by atoms with Crippen LogP contribution < -0.4 is 0 Å². The molecule has 0 atom stereocenters. The van der Waals surface area contributed by atoms with E-state index in [1.807, 2.05) is 0 Å². The lowest BCUT2D eigenvalue weighted by molar-refractivity contribution is -0.154. The quantitative estimate of drug-likeness (QED) is 0.807. The van der Waals surface area contributed by atoms with E-state index in [1.165, 1.54) is 4.90 Å². The summed E-state index contributed by atoms with van der Waals surface area (Å²) in [6.45, 7) is 0.279. The lowest BCUT2D eigenvalue weighted by Gasteiger charge is -2.36. The first kappa shape index (κ1) is 11.4. The Morgan fingerprint density at radius 3 is 2.44 bits per heavy atom. The van der Waals surface area contributed by atoms with Crippen LogP contribution in [0, 0.1) is 5.41 Å². The smallest absolute Gasteiger partial charge is 0.230 e. The molecule has 1 saturated carbocycles. The van der Waals surface area contributed by atoms with Crippen molar-refractivity contribution in [1.29, 1.82) is 0 Å². The third kappa shape index (κ3) is 1.94. The number of H-pyrrole nitrogens is 1. The van der Waals surface area contributed by atoms with Gasteiger partial charge in [-0.3, -0.25) is 14.5 Å². The number of rotatable bonds is 2. The molecule has 1 saturated heterocycles. The Labute approximate surface area is 106 Å². The number of hydrogen-bond donors (Lipinski definition) is 1. The van der Waals surface area contributed by atoms with Crippen LogP contribution in [-0.2, 0) is 16.1 Å². The Hall–Kier alpha value is -1.65. The molecule has 0 unspecified atom stereocenters. The molecule has 3 rings (SSSR count). The molecule has 18 heavy (non-hydrogen) atoms. The van der Waals surface area contributed by atoms with Gasteiger partial charge in [0.1, 0.15) is 5.82 Å². The molecule has 2 amide bonds. The summed E-state index contributed by atoms with van der Waals surface area (Å²) in [7, 11) is 0. The highest BCUT2D eigenvalue weighted by atomic mass is 16.2. The lowest BCUT2D eigenvalue weighted by atomic mass is 9.76. The molecular formula is C13H17N3O2. The lowest BCUT2D eigenvalue weighted by Crippen LogP contribution is -2.46. The van der Waals surface area contributed by atoms with Crippen LogP contribution in [0.5, 0.6) is 0 Å². The van der Waals surface area contributed by atoms with Crippen molar-refractivity contribution in [2.45, 2.75) is 45.1 Å². The largest absolute Gasteiger partial charge is 0.347 e. The van der Waals surface area contributed by atoms with Gasteiger partial charge >= 0.3 is 0 Å². The number of likely N-dealkylation sites (tertiary alicyclic amines) is 1. The number of nitrogens with zero attached hydrogens (tertiary/aromatic N) is 2. The van der Waals surface area contributed by atoms with E-state index >= 15 is 0 Å². The number of nitrogens with one attached hydrogen (secondary N) is 1. The summed E-state index contributed by atoms with van der Waals surface area (Å²) < 4.78 is 0. The number of hydrogen-bond acceptors (Lipinski definition) is 3. The molecular weight excluding hydrogens is 230 g/mol. The number of carbonyl (C=O) groups is 2. The Balaban J connectivity index is 1.74. The molecule has 1 N–H and O–H groups in total. The third-order valence-corrected chi connectivity index (χ3v) is 4.18. The van der Waals surface area contributed by atoms with Crippen LogP contribution in [0.15, 0.2) is 12.4 Å². The van der Waals surface area contributed by atoms with E-state index < -0.39 is 0 Å². The van der Waals surface area contributed by atoms with Gasteiger partial charge in [0.15, 0.2) is 0 Å². The SMILES string of the molecule is O=C1CC2(CCCC2)CC(=O)N1Cc1ncc[nH]1. The fourth-order valence-corrected chi connectivity index (χ4v) is 3.22. The van der Waals surface area contributed by atoms with Crippen LogP contribution in [-0.4, -0.2) is 26.7 Å². The molecule has 96 valence electrons. The summed E-state index contributed by atoms with van der Waals surface area (Å²) in [5.74, 6) is 0.591. The van der Waals surface area contributed by atoms with Crippen LogP contribution in [0.1, 0.15) is 44.3 Å². The molecule has 2 aliphatic rings. The van der Waals surface area contributed by atoms with Gasteiger partial charge in [0.2, 0.25) is 11.8 Å². The van der Waals surface area contributed by atoms with E-state index in [-0.39, 0.29) is 23.8 Å². The Morgan fingerprint density at radius 1 is 1.22 bits per heavy atom. The zero-order valence-corrected chi connectivity index (χ0v) is 10.3. The first-order chi connectivity index (χ1) is 8.69. The Kier molecular flexibility index (Phi) is 2.69. The van der Waals surface area contributed by atoms with Gasteiger partial charge in [0, 0.05) is 25.2 Å². The molecule has 0 radical (unpaired) electrons. The summed E-state index contributed by atoms with van der Waals surface area (Å²) in [4.78, 5) is 32.7. The zero-order valence-electron chi connectivity index (χ0n) is 10.3. The summed E-state index contributed by atoms with van der Waals surface area (Å²) in [5, 5.41) is 0. The minimum atomic E-state index is -0.0375. The zero-order chi connectivity index (χ0) is 12.6. The number of aromatic nitrogens is 2. The summed E-state index contributed by atoms with van der Waals surface area (Å²) in [6.07, 6.45) is 8.74. The van der Waals surface area contributed by atoms with Crippen molar-refractivity contribution < 1.29 is 9.59 Å². The molecule has 0 aromatic carbocycles. The molecule has 2 fully saturated rings. The summed E-state index contributed by atoms with van der Waals surface area (Å²) >= 11 is 0. The fraction of sp³-hybridized carbons (Fsp3) is 0.615. The Bertz CT molecular complexity index is 441. The number of carbonyl (C=O) groups excluding carboxylic acids is 2. The number of piperidine rings is 1. The first-order valence-corrected chi connectivity index (χ1v) is 6.50. The minimum absolute atomic E-state index is 0.0200. The van der Waals surface area contributed by atoms with Crippen molar-refractivity contribution in [2.75, 3.05) is 0 Å². The Morgan fingerprint density at radius 2 is 1.89 bits per heavy atom. The number of aromatic amines is 1. The molecule has 1 aromatic rings. The van der Waals surface area contributed by atoms with Crippen molar-refractivity contribution in [3.8, 4) is 0 Å². The van der Waals surface area contributed by atoms with E-state index in [2.05, 4.69) is 9.97 Å². The van der Waals surface area contributed by atoms with E-state index in [1.54, 1.807) is 12.4 Å². The standard InChI is InChI=1S/C13H17N3O2/c17-11-7-13(3-1-2-4-13)8-12(18)16(11)9-10-14-5-6-15-10/h5-6H,1-4,7-9H2,(H,14,15). The fourth-order valence-electron chi connectivity index (χ4n) is 3.22. The van der Waals surface area contributed by atoms with Gasteiger partial charge in [0.05, 0.1) is 6.54 Å². The molecule has 2 heterocycles. The van der Waals surface area contributed by atoms with Gasteiger partial charge in [-0.25, -0.2) is 4.98 Å². The minimum Gasteiger partial charge on any atom is -0.347 e. The predicted molar refractivity (Wildman–Crippen MR) is 64.3 cm³/mol. The molecule has 1 aliphatic carbocycles. The molecule has 1 spiro atoms. The van der Waals surface area contributed by atoms with Crippen LogP contribution in [0.25, 0.3) is 0 Å².